The zero-order valence-electron chi connectivity index (χ0n) is 14.5. The molecule has 0 fully saturated rings. The summed E-state index contributed by atoms with van der Waals surface area (Å²) in [5.74, 6) is -1.13. The lowest BCUT2D eigenvalue weighted by atomic mass is 10.0. The summed E-state index contributed by atoms with van der Waals surface area (Å²) in [7, 11) is 0. The third-order valence-electron chi connectivity index (χ3n) is 3.79. The van der Waals surface area contributed by atoms with Crippen LogP contribution in [0.25, 0.3) is 11.1 Å². The molecule has 0 atom stereocenters. The van der Waals surface area contributed by atoms with Crippen molar-refractivity contribution < 1.29 is 23.0 Å². The van der Waals surface area contributed by atoms with E-state index >= 15 is 0 Å². The molecular formula is C20H15BrF2N2O3. The number of hydrogen-bond acceptors (Lipinski definition) is 4. The molecule has 1 aromatic heterocycles. The Kier molecular flexibility index (Phi) is 6.20. The van der Waals surface area contributed by atoms with Gasteiger partial charge in [0.1, 0.15) is 30.5 Å². The Hall–Kier alpha value is -3.00. The summed E-state index contributed by atoms with van der Waals surface area (Å²) in [6, 6.07) is 11.9. The number of benzene rings is 2. The van der Waals surface area contributed by atoms with Gasteiger partial charge in [0.2, 0.25) is 0 Å². The summed E-state index contributed by atoms with van der Waals surface area (Å²) in [5.41, 5.74) is 6.49. The first kappa shape index (κ1) is 19.8. The van der Waals surface area contributed by atoms with Crippen molar-refractivity contribution in [1.29, 1.82) is 0 Å². The van der Waals surface area contributed by atoms with E-state index in [0.717, 1.165) is 0 Å². The average molecular weight is 449 g/mol. The zero-order chi connectivity index (χ0) is 20.1. The molecule has 0 radical (unpaired) electrons. The third-order valence-corrected chi connectivity index (χ3v) is 4.40. The molecule has 0 spiro atoms. The molecule has 0 saturated carbocycles. The molecular weight excluding hydrogens is 434 g/mol. The van der Waals surface area contributed by atoms with Gasteiger partial charge in [0.15, 0.2) is 11.6 Å². The molecule has 144 valence electrons. The standard InChI is InChI=1S/C20H15BrF2N2O3/c21-15-2-1-3-17(19(15)23)27-8-9-28-18-11-25-16(20(24)26)10-14(18)12-4-6-13(22)7-5-12/h1-7,10-11H,8-9H2,(H2,24,26). The molecule has 3 aromatic rings. The largest absolute Gasteiger partial charge is 0.488 e. The number of nitrogens with two attached hydrogens (primary N) is 1. The number of carbonyl (C=O) groups is 1. The highest BCUT2D eigenvalue weighted by Crippen LogP contribution is 2.30. The minimum Gasteiger partial charge on any atom is -0.488 e. The van der Waals surface area contributed by atoms with Crippen LogP contribution in [0, 0.1) is 11.6 Å². The van der Waals surface area contributed by atoms with Crippen molar-refractivity contribution in [2.24, 2.45) is 5.73 Å². The molecule has 0 aliphatic carbocycles. The van der Waals surface area contributed by atoms with Crippen molar-refractivity contribution in [3.8, 4) is 22.6 Å². The lowest BCUT2D eigenvalue weighted by Crippen LogP contribution is -2.14. The molecule has 3 rings (SSSR count). The molecule has 1 amide bonds. The first-order valence-electron chi connectivity index (χ1n) is 8.21. The molecule has 0 bridgehead atoms. The van der Waals surface area contributed by atoms with E-state index in [1.165, 1.54) is 30.5 Å². The van der Waals surface area contributed by atoms with Crippen molar-refractivity contribution >= 4 is 21.8 Å². The number of nitrogens with zero attached hydrogens (tertiary/aromatic N) is 1. The third kappa shape index (κ3) is 4.64. The van der Waals surface area contributed by atoms with Crippen molar-refractivity contribution in [3.63, 3.8) is 0 Å². The Balaban J connectivity index is 1.75. The van der Waals surface area contributed by atoms with Gasteiger partial charge in [0.25, 0.3) is 5.91 Å². The Morgan fingerprint density at radius 2 is 1.71 bits per heavy atom. The lowest BCUT2D eigenvalue weighted by molar-refractivity contribution is 0.0995. The number of carbonyl (C=O) groups excluding carboxylic acids is 1. The number of aromatic nitrogens is 1. The molecule has 2 N–H and O–H groups in total. The summed E-state index contributed by atoms with van der Waals surface area (Å²) >= 11 is 3.09. The van der Waals surface area contributed by atoms with E-state index < -0.39 is 11.7 Å². The van der Waals surface area contributed by atoms with E-state index in [4.69, 9.17) is 15.2 Å². The van der Waals surface area contributed by atoms with Gasteiger partial charge in [-0.15, -0.1) is 0 Å². The van der Waals surface area contributed by atoms with Gasteiger partial charge in [0, 0.05) is 5.56 Å². The van der Waals surface area contributed by atoms with Crippen LogP contribution in [-0.2, 0) is 0 Å². The molecule has 0 saturated heterocycles. The van der Waals surface area contributed by atoms with E-state index in [2.05, 4.69) is 20.9 Å². The quantitative estimate of drug-likeness (QED) is 0.545. The second-order valence-electron chi connectivity index (χ2n) is 5.69. The second-order valence-corrected chi connectivity index (χ2v) is 6.54. The van der Waals surface area contributed by atoms with Crippen LogP contribution in [-0.4, -0.2) is 24.1 Å². The van der Waals surface area contributed by atoms with Crippen molar-refractivity contribution in [3.05, 3.63) is 76.5 Å². The fourth-order valence-electron chi connectivity index (χ4n) is 2.45. The smallest absolute Gasteiger partial charge is 0.267 e. The van der Waals surface area contributed by atoms with Gasteiger partial charge >= 0.3 is 0 Å². The van der Waals surface area contributed by atoms with Gasteiger partial charge in [-0.05, 0) is 51.8 Å². The van der Waals surface area contributed by atoms with Gasteiger partial charge in [-0.1, -0.05) is 18.2 Å². The van der Waals surface area contributed by atoms with Crippen LogP contribution < -0.4 is 15.2 Å². The lowest BCUT2D eigenvalue weighted by Gasteiger charge is -2.13. The van der Waals surface area contributed by atoms with Crippen molar-refractivity contribution in [2.45, 2.75) is 0 Å². The van der Waals surface area contributed by atoms with Crippen LogP contribution in [0.15, 0.2) is 59.2 Å². The number of ether oxygens (including phenoxy) is 2. The van der Waals surface area contributed by atoms with Crippen LogP contribution in [0.5, 0.6) is 11.5 Å². The van der Waals surface area contributed by atoms with Gasteiger partial charge < -0.3 is 15.2 Å². The monoisotopic (exact) mass is 448 g/mol. The summed E-state index contributed by atoms with van der Waals surface area (Å²) in [6.07, 6.45) is 1.36. The molecule has 2 aromatic carbocycles. The number of rotatable bonds is 7. The van der Waals surface area contributed by atoms with E-state index in [-0.39, 0.29) is 30.5 Å². The normalized spacial score (nSPS) is 10.5. The Morgan fingerprint density at radius 1 is 1.04 bits per heavy atom. The fraction of sp³-hybridized carbons (Fsp3) is 0.100. The Labute approximate surface area is 168 Å². The van der Waals surface area contributed by atoms with E-state index in [1.807, 2.05) is 0 Å². The SMILES string of the molecule is NC(=O)c1cc(-c2ccc(F)cc2)c(OCCOc2cccc(Br)c2F)cn1. The van der Waals surface area contributed by atoms with Gasteiger partial charge in [-0.25, -0.2) is 13.8 Å². The summed E-state index contributed by atoms with van der Waals surface area (Å²) in [5, 5.41) is 0. The first-order chi connectivity index (χ1) is 13.5. The molecule has 5 nitrogen and oxygen atoms in total. The van der Waals surface area contributed by atoms with Gasteiger partial charge in [-0.2, -0.15) is 0 Å². The van der Waals surface area contributed by atoms with Crippen LogP contribution >= 0.6 is 15.9 Å². The minimum atomic E-state index is -0.691. The van der Waals surface area contributed by atoms with E-state index in [1.54, 1.807) is 24.3 Å². The average Bonchev–Trinajstić information content (AvgIpc) is 2.69. The number of pyridine rings is 1. The predicted octanol–water partition coefficient (Wildman–Crippen LogP) is 4.35. The Bertz CT molecular complexity index is 997. The topological polar surface area (TPSA) is 74.4 Å². The highest BCUT2D eigenvalue weighted by atomic mass is 79.9. The van der Waals surface area contributed by atoms with Gasteiger partial charge in [0.05, 0.1) is 10.7 Å². The maximum atomic E-state index is 13.9. The molecule has 0 unspecified atom stereocenters. The van der Waals surface area contributed by atoms with Gasteiger partial charge in [-0.3, -0.25) is 4.79 Å². The van der Waals surface area contributed by atoms with Crippen LogP contribution in [0.4, 0.5) is 8.78 Å². The summed E-state index contributed by atoms with van der Waals surface area (Å²) in [4.78, 5) is 15.4. The predicted molar refractivity (Wildman–Crippen MR) is 103 cm³/mol. The fourth-order valence-corrected chi connectivity index (χ4v) is 2.79. The van der Waals surface area contributed by atoms with E-state index in [9.17, 15) is 13.6 Å². The number of primary amides is 1. The molecule has 1 heterocycles. The number of amides is 1. The minimum absolute atomic E-state index is 0.0548. The van der Waals surface area contributed by atoms with E-state index in [0.29, 0.717) is 21.3 Å². The highest BCUT2D eigenvalue weighted by Gasteiger charge is 2.13. The zero-order valence-corrected chi connectivity index (χ0v) is 16.1. The maximum absolute atomic E-state index is 13.9. The maximum Gasteiger partial charge on any atom is 0.267 e. The Morgan fingerprint density at radius 3 is 2.39 bits per heavy atom. The van der Waals surface area contributed by atoms with Crippen molar-refractivity contribution in [2.75, 3.05) is 13.2 Å². The molecule has 0 aliphatic rings. The first-order valence-corrected chi connectivity index (χ1v) is 9.00. The second kappa shape index (κ2) is 8.79. The van der Waals surface area contributed by atoms with Crippen LogP contribution in [0.3, 0.4) is 0 Å². The van der Waals surface area contributed by atoms with Crippen molar-refractivity contribution in [1.82, 2.24) is 4.98 Å². The van der Waals surface area contributed by atoms with Crippen LogP contribution in [0.2, 0.25) is 0 Å². The highest BCUT2D eigenvalue weighted by molar-refractivity contribution is 9.10. The molecule has 0 aliphatic heterocycles. The number of halogens is 3. The van der Waals surface area contributed by atoms with Crippen LogP contribution in [0.1, 0.15) is 10.5 Å². The number of hydrogen-bond donors (Lipinski definition) is 1. The summed E-state index contributed by atoms with van der Waals surface area (Å²) in [6.45, 7) is 0.172. The molecule has 8 heteroatoms. The summed E-state index contributed by atoms with van der Waals surface area (Å²) < 4.78 is 38.5. The molecule has 28 heavy (non-hydrogen) atoms.